The maximum Gasteiger partial charge on any atom is 0.321 e. The molecule has 1 saturated heterocycles. The molecule has 2 N–H and O–H groups in total. The monoisotopic (exact) mass is 303 g/mol. The number of anilines is 1. The van der Waals surface area contributed by atoms with Crippen molar-refractivity contribution in [2.75, 3.05) is 25.0 Å². The molecule has 116 valence electrons. The van der Waals surface area contributed by atoms with Crippen LogP contribution < -0.4 is 10.1 Å². The van der Waals surface area contributed by atoms with Gasteiger partial charge in [-0.05, 0) is 31.5 Å². The summed E-state index contributed by atoms with van der Waals surface area (Å²) < 4.78 is 5.42. The number of amides is 2. The fraction of sp³-hybridized carbons (Fsp3) is 0.400. The van der Waals surface area contributed by atoms with E-state index in [0.29, 0.717) is 36.6 Å². The number of likely N-dealkylation sites (tertiary alicyclic amines) is 1. The molecular weight excluding hydrogens is 286 g/mol. The summed E-state index contributed by atoms with van der Waals surface area (Å²) in [6.07, 6.45) is 0.444. The summed E-state index contributed by atoms with van der Waals surface area (Å²) in [5, 5.41) is 20.6. The quantitative estimate of drug-likeness (QED) is 0.884. The number of hydrogen-bond acceptors (Lipinski definition) is 4. The van der Waals surface area contributed by atoms with E-state index in [4.69, 9.17) is 15.1 Å². The van der Waals surface area contributed by atoms with Crippen LogP contribution >= 0.6 is 0 Å². The van der Waals surface area contributed by atoms with E-state index in [2.05, 4.69) is 5.32 Å². The van der Waals surface area contributed by atoms with Crippen molar-refractivity contribution in [3.8, 4) is 11.8 Å². The zero-order valence-electron chi connectivity index (χ0n) is 12.2. The number of carboxylic acid groups (broad SMARTS) is 1. The van der Waals surface area contributed by atoms with Gasteiger partial charge in [-0.25, -0.2) is 4.79 Å². The Bertz CT molecular complexity index is 624. The van der Waals surface area contributed by atoms with E-state index in [1.165, 1.54) is 11.0 Å². The lowest BCUT2D eigenvalue weighted by molar-refractivity contribution is -0.141. The van der Waals surface area contributed by atoms with Crippen molar-refractivity contribution < 1.29 is 19.4 Å². The topological polar surface area (TPSA) is 103 Å². The Hall–Kier alpha value is -2.75. The number of nitrogens with zero attached hydrogens (tertiary/aromatic N) is 2. The molecule has 1 unspecified atom stereocenters. The van der Waals surface area contributed by atoms with E-state index in [9.17, 15) is 9.59 Å². The van der Waals surface area contributed by atoms with Crippen LogP contribution in [0.15, 0.2) is 18.2 Å². The van der Waals surface area contributed by atoms with Crippen molar-refractivity contribution in [2.24, 2.45) is 5.92 Å². The fourth-order valence-electron chi connectivity index (χ4n) is 2.32. The first-order chi connectivity index (χ1) is 10.5. The van der Waals surface area contributed by atoms with E-state index in [1.807, 2.05) is 13.0 Å². The van der Waals surface area contributed by atoms with Crippen LogP contribution in [0.2, 0.25) is 0 Å². The van der Waals surface area contributed by atoms with E-state index in [1.54, 1.807) is 12.1 Å². The molecule has 1 atom stereocenters. The highest BCUT2D eigenvalue weighted by molar-refractivity contribution is 5.92. The summed E-state index contributed by atoms with van der Waals surface area (Å²) in [5.41, 5.74) is 0.813. The Kier molecular flexibility index (Phi) is 4.84. The molecule has 2 amide bonds. The van der Waals surface area contributed by atoms with Crippen LogP contribution in [0.3, 0.4) is 0 Å². The van der Waals surface area contributed by atoms with Gasteiger partial charge < -0.3 is 20.1 Å². The molecule has 1 aliphatic rings. The third kappa shape index (κ3) is 3.47. The Morgan fingerprint density at radius 2 is 2.32 bits per heavy atom. The molecule has 7 heteroatoms. The largest absolute Gasteiger partial charge is 0.492 e. The standard InChI is InChI=1S/C15H17N3O4/c1-2-22-13-4-3-10(8-16)7-12(13)17-15(21)18-6-5-11(9-18)14(19)20/h3-4,7,11H,2,5-6,9H2,1H3,(H,17,21)(H,19,20). The van der Waals surface area contributed by atoms with Gasteiger partial charge in [-0.1, -0.05) is 0 Å². The number of carbonyl (C=O) groups is 2. The van der Waals surface area contributed by atoms with Crippen molar-refractivity contribution in [2.45, 2.75) is 13.3 Å². The minimum absolute atomic E-state index is 0.184. The van der Waals surface area contributed by atoms with E-state index >= 15 is 0 Å². The van der Waals surface area contributed by atoms with Gasteiger partial charge in [0.25, 0.3) is 0 Å². The predicted octanol–water partition coefficient (Wildman–Crippen LogP) is 1.90. The van der Waals surface area contributed by atoms with Gasteiger partial charge in [0.2, 0.25) is 0 Å². The van der Waals surface area contributed by atoms with Crippen LogP contribution in [0.4, 0.5) is 10.5 Å². The Morgan fingerprint density at radius 3 is 2.91 bits per heavy atom. The molecular formula is C15H17N3O4. The molecule has 22 heavy (non-hydrogen) atoms. The number of carbonyl (C=O) groups excluding carboxylic acids is 1. The number of nitriles is 1. The second-order valence-electron chi connectivity index (χ2n) is 4.96. The Morgan fingerprint density at radius 1 is 1.55 bits per heavy atom. The van der Waals surface area contributed by atoms with E-state index in [0.717, 1.165) is 0 Å². The summed E-state index contributed by atoms with van der Waals surface area (Å²) in [6, 6.07) is 6.38. The molecule has 0 aliphatic carbocycles. The van der Waals surface area contributed by atoms with Crippen molar-refractivity contribution in [1.29, 1.82) is 5.26 Å². The number of ether oxygens (including phenoxy) is 1. The van der Waals surface area contributed by atoms with E-state index in [-0.39, 0.29) is 12.6 Å². The molecule has 7 nitrogen and oxygen atoms in total. The smallest absolute Gasteiger partial charge is 0.321 e. The zero-order chi connectivity index (χ0) is 16.1. The van der Waals surface area contributed by atoms with Gasteiger partial charge in [0.15, 0.2) is 0 Å². The third-order valence-electron chi connectivity index (χ3n) is 3.47. The fourth-order valence-corrected chi connectivity index (χ4v) is 2.32. The van der Waals surface area contributed by atoms with Crippen LogP contribution in [0, 0.1) is 17.2 Å². The van der Waals surface area contributed by atoms with Crippen molar-refractivity contribution in [3.05, 3.63) is 23.8 Å². The minimum atomic E-state index is -0.892. The molecule has 0 aromatic heterocycles. The van der Waals surface area contributed by atoms with Gasteiger partial charge in [-0.2, -0.15) is 5.26 Å². The number of benzene rings is 1. The molecule has 1 aromatic carbocycles. The zero-order valence-corrected chi connectivity index (χ0v) is 12.2. The summed E-state index contributed by atoms with van der Waals surface area (Å²) in [4.78, 5) is 24.6. The third-order valence-corrected chi connectivity index (χ3v) is 3.47. The molecule has 0 saturated carbocycles. The lowest BCUT2D eigenvalue weighted by Crippen LogP contribution is -2.33. The second-order valence-corrected chi connectivity index (χ2v) is 4.96. The van der Waals surface area contributed by atoms with Crippen LogP contribution in [0.5, 0.6) is 5.75 Å². The summed E-state index contributed by atoms with van der Waals surface area (Å²) in [6.45, 7) is 2.83. The summed E-state index contributed by atoms with van der Waals surface area (Å²) >= 11 is 0. The van der Waals surface area contributed by atoms with Crippen LogP contribution in [-0.4, -0.2) is 41.7 Å². The summed E-state index contributed by atoms with van der Waals surface area (Å²) in [7, 11) is 0. The number of nitrogens with one attached hydrogen (secondary N) is 1. The van der Waals surface area contributed by atoms with Crippen LogP contribution in [0.1, 0.15) is 18.9 Å². The van der Waals surface area contributed by atoms with Crippen molar-refractivity contribution in [3.63, 3.8) is 0 Å². The molecule has 2 rings (SSSR count). The Balaban J connectivity index is 2.11. The van der Waals surface area contributed by atoms with Crippen molar-refractivity contribution in [1.82, 2.24) is 4.90 Å². The number of rotatable bonds is 4. The molecule has 0 spiro atoms. The number of carboxylic acids is 1. The maximum absolute atomic E-state index is 12.2. The number of urea groups is 1. The highest BCUT2D eigenvalue weighted by Gasteiger charge is 2.31. The van der Waals surface area contributed by atoms with Gasteiger partial charge in [-0.15, -0.1) is 0 Å². The lowest BCUT2D eigenvalue weighted by Gasteiger charge is -2.18. The normalized spacial score (nSPS) is 16.9. The lowest BCUT2D eigenvalue weighted by atomic mass is 10.1. The number of aliphatic carboxylic acids is 1. The van der Waals surface area contributed by atoms with Gasteiger partial charge in [0, 0.05) is 13.1 Å². The van der Waals surface area contributed by atoms with Crippen LogP contribution in [-0.2, 0) is 4.79 Å². The number of hydrogen-bond donors (Lipinski definition) is 2. The first-order valence-corrected chi connectivity index (χ1v) is 7.00. The first-order valence-electron chi connectivity index (χ1n) is 7.00. The maximum atomic E-state index is 12.2. The Labute approximate surface area is 128 Å². The molecule has 1 aromatic rings. The molecule has 1 heterocycles. The van der Waals surface area contributed by atoms with Gasteiger partial charge >= 0.3 is 12.0 Å². The molecule has 1 aliphatic heterocycles. The van der Waals surface area contributed by atoms with Crippen LogP contribution in [0.25, 0.3) is 0 Å². The molecule has 0 radical (unpaired) electrons. The molecule has 1 fully saturated rings. The van der Waals surface area contributed by atoms with E-state index < -0.39 is 11.9 Å². The first kappa shape index (κ1) is 15.6. The summed E-state index contributed by atoms with van der Waals surface area (Å²) in [5.74, 6) is -0.942. The molecule has 0 bridgehead atoms. The highest BCUT2D eigenvalue weighted by Crippen LogP contribution is 2.27. The van der Waals surface area contributed by atoms with Crippen molar-refractivity contribution >= 4 is 17.7 Å². The average Bonchev–Trinajstić information content (AvgIpc) is 2.99. The highest BCUT2D eigenvalue weighted by atomic mass is 16.5. The predicted molar refractivity (Wildman–Crippen MR) is 78.7 cm³/mol. The SMILES string of the molecule is CCOc1ccc(C#N)cc1NC(=O)N1CCC(C(=O)O)C1. The second kappa shape index (κ2) is 6.80. The van der Waals surface area contributed by atoms with Gasteiger partial charge in [0.05, 0.1) is 29.8 Å². The van der Waals surface area contributed by atoms with Gasteiger partial charge in [-0.3, -0.25) is 4.79 Å². The average molecular weight is 303 g/mol. The minimum Gasteiger partial charge on any atom is -0.492 e. The van der Waals surface area contributed by atoms with Gasteiger partial charge in [0.1, 0.15) is 5.75 Å².